The Morgan fingerprint density at radius 3 is 2.68 bits per heavy atom. The number of nitrogens with one attached hydrogen (secondary N) is 1. The summed E-state index contributed by atoms with van der Waals surface area (Å²) in [5.41, 5.74) is 4.11. The van der Waals surface area contributed by atoms with E-state index in [1.807, 2.05) is 32.0 Å². The third-order valence-electron chi connectivity index (χ3n) is 4.30. The van der Waals surface area contributed by atoms with E-state index in [1.165, 1.54) is 6.20 Å². The molecule has 0 amide bonds. The molecule has 0 radical (unpaired) electrons. The summed E-state index contributed by atoms with van der Waals surface area (Å²) in [5, 5.41) is 13.6. The molecule has 0 saturated carbocycles. The summed E-state index contributed by atoms with van der Waals surface area (Å²) in [6.07, 6.45) is 1.40. The number of nitrogens with zero attached hydrogens (tertiary/aromatic N) is 1. The second-order valence-electron chi connectivity index (χ2n) is 5.97. The lowest BCUT2D eigenvalue weighted by Gasteiger charge is -2.15. The van der Waals surface area contributed by atoms with Gasteiger partial charge in [0.15, 0.2) is 11.5 Å². The number of carbonyl (C=O) groups is 1. The second-order valence-corrected chi connectivity index (χ2v) is 5.97. The van der Waals surface area contributed by atoms with Crippen molar-refractivity contribution in [2.45, 2.75) is 13.8 Å². The Morgan fingerprint density at radius 2 is 1.88 bits per heavy atom. The molecule has 2 heterocycles. The SMILES string of the molecule is Cc1ccc(C)c2c(Nc3ccc4c(c3)OCO4)c(C(=O)O)cnc12. The van der Waals surface area contributed by atoms with Crippen LogP contribution in [0.1, 0.15) is 21.5 Å². The lowest BCUT2D eigenvalue weighted by Crippen LogP contribution is -2.06. The number of aryl methyl sites for hydroxylation is 2. The van der Waals surface area contributed by atoms with Gasteiger partial charge in [-0.1, -0.05) is 12.1 Å². The van der Waals surface area contributed by atoms with Crippen LogP contribution >= 0.6 is 0 Å². The molecule has 0 unspecified atom stereocenters. The average molecular weight is 336 g/mol. The topological polar surface area (TPSA) is 80.7 Å². The monoisotopic (exact) mass is 336 g/mol. The van der Waals surface area contributed by atoms with Gasteiger partial charge in [-0.05, 0) is 37.1 Å². The van der Waals surface area contributed by atoms with Gasteiger partial charge in [0.2, 0.25) is 6.79 Å². The maximum Gasteiger partial charge on any atom is 0.339 e. The van der Waals surface area contributed by atoms with Crippen LogP contribution in [-0.2, 0) is 0 Å². The van der Waals surface area contributed by atoms with Crippen LogP contribution in [0.3, 0.4) is 0 Å². The van der Waals surface area contributed by atoms with Crippen LogP contribution in [-0.4, -0.2) is 22.9 Å². The molecule has 0 saturated heterocycles. The summed E-state index contributed by atoms with van der Waals surface area (Å²) >= 11 is 0. The molecule has 0 fully saturated rings. The minimum absolute atomic E-state index is 0.124. The highest BCUT2D eigenvalue weighted by molar-refractivity contribution is 6.07. The highest BCUT2D eigenvalue weighted by atomic mass is 16.7. The van der Waals surface area contributed by atoms with Crippen LogP contribution in [0.25, 0.3) is 10.9 Å². The van der Waals surface area contributed by atoms with Crippen LogP contribution < -0.4 is 14.8 Å². The second kappa shape index (κ2) is 5.66. The van der Waals surface area contributed by atoms with Crippen LogP contribution in [0, 0.1) is 13.8 Å². The van der Waals surface area contributed by atoms with Gasteiger partial charge in [0.1, 0.15) is 5.56 Å². The van der Waals surface area contributed by atoms with Crippen molar-refractivity contribution in [3.63, 3.8) is 0 Å². The summed E-state index contributed by atoms with van der Waals surface area (Å²) < 4.78 is 10.7. The zero-order valence-corrected chi connectivity index (χ0v) is 13.8. The van der Waals surface area contributed by atoms with E-state index >= 15 is 0 Å². The number of anilines is 2. The molecule has 0 atom stereocenters. The first-order valence-electron chi connectivity index (χ1n) is 7.83. The smallest absolute Gasteiger partial charge is 0.339 e. The standard InChI is InChI=1S/C19H16N2O4/c1-10-3-4-11(2)17-16(10)18(13(8-20-17)19(22)23)21-12-5-6-14-15(7-12)25-9-24-14/h3-8H,9H2,1-2H3,(H,20,21)(H,22,23). The number of rotatable bonds is 3. The first-order valence-corrected chi connectivity index (χ1v) is 7.83. The van der Waals surface area contributed by atoms with Crippen LogP contribution in [0.2, 0.25) is 0 Å². The van der Waals surface area contributed by atoms with Gasteiger partial charge in [-0.25, -0.2) is 4.79 Å². The molecule has 0 spiro atoms. The van der Waals surface area contributed by atoms with Crippen molar-refractivity contribution in [1.82, 2.24) is 4.98 Å². The number of carboxylic acid groups (broad SMARTS) is 1. The summed E-state index contributed by atoms with van der Waals surface area (Å²) in [6, 6.07) is 9.37. The third kappa shape index (κ3) is 2.52. The number of hydrogen-bond donors (Lipinski definition) is 2. The van der Waals surface area contributed by atoms with Gasteiger partial charge in [0.05, 0.1) is 11.2 Å². The third-order valence-corrected chi connectivity index (χ3v) is 4.30. The van der Waals surface area contributed by atoms with E-state index in [9.17, 15) is 9.90 Å². The van der Waals surface area contributed by atoms with Crippen molar-refractivity contribution in [1.29, 1.82) is 0 Å². The van der Waals surface area contributed by atoms with E-state index in [1.54, 1.807) is 12.1 Å². The van der Waals surface area contributed by atoms with Gasteiger partial charge >= 0.3 is 5.97 Å². The Bertz CT molecular complexity index is 1010. The fraction of sp³-hybridized carbons (Fsp3) is 0.158. The molecule has 0 aliphatic carbocycles. The molecule has 4 rings (SSSR count). The highest BCUT2D eigenvalue weighted by Gasteiger charge is 2.19. The molecule has 1 aromatic heterocycles. The van der Waals surface area contributed by atoms with E-state index in [0.717, 1.165) is 27.7 Å². The lowest BCUT2D eigenvalue weighted by atomic mass is 10.0. The fourth-order valence-electron chi connectivity index (χ4n) is 3.02. The molecular weight excluding hydrogens is 320 g/mol. The Morgan fingerprint density at radius 1 is 1.12 bits per heavy atom. The Balaban J connectivity index is 1.91. The van der Waals surface area contributed by atoms with Gasteiger partial charge in [-0.3, -0.25) is 4.98 Å². The normalized spacial score (nSPS) is 12.4. The Hall–Kier alpha value is -3.28. The molecule has 3 aromatic rings. The van der Waals surface area contributed by atoms with Gasteiger partial charge in [0, 0.05) is 23.3 Å². The van der Waals surface area contributed by atoms with Crippen molar-refractivity contribution < 1.29 is 19.4 Å². The van der Waals surface area contributed by atoms with Gasteiger partial charge in [-0.2, -0.15) is 0 Å². The summed E-state index contributed by atoms with van der Waals surface area (Å²) in [5.74, 6) is 0.280. The van der Waals surface area contributed by atoms with E-state index in [4.69, 9.17) is 9.47 Å². The van der Waals surface area contributed by atoms with Crippen molar-refractivity contribution in [3.8, 4) is 11.5 Å². The van der Waals surface area contributed by atoms with E-state index in [-0.39, 0.29) is 12.4 Å². The number of benzene rings is 2. The molecule has 25 heavy (non-hydrogen) atoms. The first-order chi connectivity index (χ1) is 12.0. The number of pyridine rings is 1. The van der Waals surface area contributed by atoms with Crippen LogP contribution in [0.15, 0.2) is 36.5 Å². The number of carboxylic acids is 1. The average Bonchev–Trinajstić information content (AvgIpc) is 3.05. The zero-order valence-electron chi connectivity index (χ0n) is 13.8. The predicted molar refractivity (Wildman–Crippen MR) is 94.0 cm³/mol. The predicted octanol–water partition coefficient (Wildman–Crippen LogP) is 4.02. The summed E-state index contributed by atoms with van der Waals surface area (Å²) in [4.78, 5) is 16.1. The van der Waals surface area contributed by atoms with Crippen molar-refractivity contribution >= 4 is 28.2 Å². The number of ether oxygens (including phenoxy) is 2. The van der Waals surface area contributed by atoms with Gasteiger partial charge < -0.3 is 19.9 Å². The van der Waals surface area contributed by atoms with Crippen molar-refractivity contribution in [2.24, 2.45) is 0 Å². The molecule has 6 heteroatoms. The van der Waals surface area contributed by atoms with Crippen LogP contribution in [0.5, 0.6) is 11.5 Å². The molecule has 126 valence electrons. The quantitative estimate of drug-likeness (QED) is 0.752. The minimum Gasteiger partial charge on any atom is -0.478 e. The number of aromatic carboxylic acids is 1. The minimum atomic E-state index is -1.03. The summed E-state index contributed by atoms with van der Waals surface area (Å²) in [7, 11) is 0. The molecule has 2 N–H and O–H groups in total. The molecule has 1 aliphatic rings. The maximum atomic E-state index is 11.7. The molecule has 0 bridgehead atoms. The maximum absolute atomic E-state index is 11.7. The Labute approximate surface area is 144 Å². The molecule has 6 nitrogen and oxygen atoms in total. The number of fused-ring (bicyclic) bond motifs is 2. The van der Waals surface area contributed by atoms with E-state index in [0.29, 0.717) is 17.2 Å². The van der Waals surface area contributed by atoms with Crippen molar-refractivity contribution in [2.75, 3.05) is 12.1 Å². The van der Waals surface area contributed by atoms with E-state index < -0.39 is 5.97 Å². The fourth-order valence-corrected chi connectivity index (χ4v) is 3.02. The number of aromatic nitrogens is 1. The van der Waals surface area contributed by atoms with Gasteiger partial charge in [0.25, 0.3) is 0 Å². The first kappa shape index (κ1) is 15.3. The summed E-state index contributed by atoms with van der Waals surface area (Å²) in [6.45, 7) is 4.09. The molecule has 1 aliphatic heterocycles. The largest absolute Gasteiger partial charge is 0.478 e. The Kier molecular flexibility index (Phi) is 3.46. The van der Waals surface area contributed by atoms with Crippen LogP contribution in [0.4, 0.5) is 11.4 Å². The zero-order chi connectivity index (χ0) is 17.6. The van der Waals surface area contributed by atoms with Crippen molar-refractivity contribution in [3.05, 3.63) is 53.2 Å². The lowest BCUT2D eigenvalue weighted by molar-refractivity contribution is 0.0697. The number of hydrogen-bond acceptors (Lipinski definition) is 5. The van der Waals surface area contributed by atoms with Gasteiger partial charge in [-0.15, -0.1) is 0 Å². The molecule has 2 aromatic carbocycles. The van der Waals surface area contributed by atoms with E-state index in [2.05, 4.69) is 10.3 Å². The molecular formula is C19H16N2O4. The highest BCUT2D eigenvalue weighted by Crippen LogP contribution is 2.37.